The minimum absolute atomic E-state index is 0.00103. The Hall–Kier alpha value is -2.94. The number of H-pyrrole nitrogens is 1. The number of aromatic amines is 1. The van der Waals surface area contributed by atoms with Gasteiger partial charge in [-0.1, -0.05) is 0 Å². The Kier molecular flexibility index (Phi) is 4.53. The summed E-state index contributed by atoms with van der Waals surface area (Å²) in [5.41, 5.74) is 7.51. The number of nitrogens with zero attached hydrogens (tertiary/aromatic N) is 3. The van der Waals surface area contributed by atoms with Crippen LogP contribution in [0.2, 0.25) is 0 Å². The number of nitrogens with one attached hydrogen (secondary N) is 2. The number of rotatable bonds is 2. The molecule has 3 aliphatic heterocycles. The molecule has 4 heterocycles. The average Bonchev–Trinajstić information content (AvgIpc) is 3.36. The molecule has 0 spiro atoms. The lowest BCUT2D eigenvalue weighted by Crippen LogP contribution is -2.47. The maximum atomic E-state index is 12.7. The number of fused-ring (bicyclic) bond motifs is 1. The summed E-state index contributed by atoms with van der Waals surface area (Å²) in [6.45, 7) is 2.71. The summed E-state index contributed by atoms with van der Waals surface area (Å²) in [7, 11) is 1.56. The van der Waals surface area contributed by atoms with Gasteiger partial charge in [0.2, 0.25) is 0 Å². The third kappa shape index (κ3) is 3.14. The smallest absolute Gasteiger partial charge is 0.322 e. The number of nitrogens with two attached hydrogens (primary N) is 1. The van der Waals surface area contributed by atoms with Crippen LogP contribution in [0.3, 0.4) is 0 Å². The Morgan fingerprint density at radius 3 is 2.78 bits per heavy atom. The van der Waals surface area contributed by atoms with Gasteiger partial charge in [0.15, 0.2) is 11.6 Å². The molecule has 0 radical (unpaired) electrons. The number of allylic oxidation sites excluding steroid dienone is 1. The van der Waals surface area contributed by atoms with Crippen molar-refractivity contribution in [1.29, 1.82) is 0 Å². The topological polar surface area (TPSA) is 107 Å². The molecule has 1 fully saturated rings. The summed E-state index contributed by atoms with van der Waals surface area (Å²) in [5, 5.41) is 2.56. The molecule has 0 aromatic carbocycles. The van der Waals surface area contributed by atoms with E-state index >= 15 is 0 Å². The number of urea groups is 1. The molecule has 3 amide bonds. The van der Waals surface area contributed by atoms with Crippen molar-refractivity contribution in [3.8, 4) is 5.75 Å². The predicted octanol–water partition coefficient (Wildman–Crippen LogP) is 0.787. The van der Waals surface area contributed by atoms with Crippen LogP contribution >= 0.6 is 0 Å². The van der Waals surface area contributed by atoms with E-state index in [2.05, 4.69) is 10.3 Å². The number of carbonyl (C=O) groups excluding carboxylic acids is 2. The molecular formula is C18H24N6O3. The number of hydrogen-bond acceptors (Lipinski definition) is 5. The number of amides is 3. The van der Waals surface area contributed by atoms with Gasteiger partial charge in [-0.2, -0.15) is 0 Å². The van der Waals surface area contributed by atoms with E-state index in [1.54, 1.807) is 19.3 Å². The maximum Gasteiger partial charge on any atom is 0.322 e. The first-order valence-electron chi connectivity index (χ1n) is 9.17. The average molecular weight is 372 g/mol. The quantitative estimate of drug-likeness (QED) is 0.711. The largest absolute Gasteiger partial charge is 0.488 e. The van der Waals surface area contributed by atoms with E-state index in [9.17, 15) is 9.59 Å². The number of hydrogen-bond donors (Lipinski definition) is 3. The standard InChI is InChI=1S/C18H24N6O3/c1-20-18(26)24-7-4-12(10-15(24)19)23-8-9-27-14-11-13(21-16(14)23)17(25)22-5-2-3-6-22/h4,7,10-11,15,21H,2-3,5-6,8-9,19H2,1H3,(H,20,26). The van der Waals surface area contributed by atoms with Crippen molar-refractivity contribution in [2.75, 3.05) is 38.2 Å². The summed E-state index contributed by atoms with van der Waals surface area (Å²) in [6.07, 6.45) is 6.83. The minimum atomic E-state index is -0.572. The van der Waals surface area contributed by atoms with E-state index in [1.165, 1.54) is 4.90 Å². The molecule has 0 aliphatic carbocycles. The number of anilines is 1. The zero-order chi connectivity index (χ0) is 19.0. The van der Waals surface area contributed by atoms with Gasteiger partial charge in [0, 0.05) is 38.1 Å². The first-order valence-corrected chi connectivity index (χ1v) is 9.17. The highest BCUT2D eigenvalue weighted by Crippen LogP contribution is 2.35. The van der Waals surface area contributed by atoms with Crippen LogP contribution in [0.1, 0.15) is 23.3 Å². The van der Waals surface area contributed by atoms with Crippen LogP contribution in [-0.2, 0) is 0 Å². The summed E-state index contributed by atoms with van der Waals surface area (Å²) >= 11 is 0. The van der Waals surface area contributed by atoms with Crippen molar-refractivity contribution in [3.63, 3.8) is 0 Å². The van der Waals surface area contributed by atoms with E-state index in [4.69, 9.17) is 10.5 Å². The molecule has 9 nitrogen and oxygen atoms in total. The third-order valence-corrected chi connectivity index (χ3v) is 5.06. The number of ether oxygens (including phenoxy) is 1. The van der Waals surface area contributed by atoms with Crippen LogP contribution in [-0.4, -0.2) is 66.2 Å². The van der Waals surface area contributed by atoms with Gasteiger partial charge in [-0.3, -0.25) is 9.69 Å². The molecule has 1 unspecified atom stereocenters. The first-order chi connectivity index (χ1) is 13.1. The van der Waals surface area contributed by atoms with Crippen molar-refractivity contribution in [2.45, 2.75) is 19.0 Å². The fraction of sp³-hybridized carbons (Fsp3) is 0.444. The fourth-order valence-electron chi connectivity index (χ4n) is 3.64. The first kappa shape index (κ1) is 17.5. The lowest BCUT2D eigenvalue weighted by Gasteiger charge is -2.33. The number of aromatic nitrogens is 1. The SMILES string of the molecule is CNC(=O)N1C=CC(N2CCOc3cc(C(=O)N4CCCC4)[nH]c32)=CC1N. The fourth-order valence-corrected chi connectivity index (χ4v) is 3.64. The summed E-state index contributed by atoms with van der Waals surface area (Å²) in [5.74, 6) is 1.39. The molecular weight excluding hydrogens is 348 g/mol. The summed E-state index contributed by atoms with van der Waals surface area (Å²) in [4.78, 5) is 33.0. The van der Waals surface area contributed by atoms with Crippen LogP contribution in [0.25, 0.3) is 0 Å². The lowest BCUT2D eigenvalue weighted by molar-refractivity contribution is 0.0787. The van der Waals surface area contributed by atoms with Gasteiger partial charge in [-0.05, 0) is 25.0 Å². The monoisotopic (exact) mass is 372 g/mol. The second kappa shape index (κ2) is 6.99. The maximum absolute atomic E-state index is 12.7. The summed E-state index contributed by atoms with van der Waals surface area (Å²) < 4.78 is 5.74. The third-order valence-electron chi connectivity index (χ3n) is 5.06. The zero-order valence-electron chi connectivity index (χ0n) is 15.3. The van der Waals surface area contributed by atoms with E-state index in [0.717, 1.165) is 37.4 Å². The molecule has 1 atom stereocenters. The molecule has 4 N–H and O–H groups in total. The van der Waals surface area contributed by atoms with Crippen molar-refractivity contribution in [3.05, 3.63) is 35.8 Å². The van der Waals surface area contributed by atoms with E-state index in [0.29, 0.717) is 24.6 Å². The Balaban J connectivity index is 1.58. The Bertz CT molecular complexity index is 808. The highest BCUT2D eigenvalue weighted by molar-refractivity contribution is 5.94. The Morgan fingerprint density at radius 1 is 1.30 bits per heavy atom. The Labute approximate surface area is 157 Å². The molecule has 1 saturated heterocycles. The molecule has 1 aromatic heterocycles. The van der Waals surface area contributed by atoms with Crippen LogP contribution in [0, 0.1) is 0 Å². The summed E-state index contributed by atoms with van der Waals surface area (Å²) in [6, 6.07) is 1.50. The molecule has 9 heteroatoms. The molecule has 3 aliphatic rings. The van der Waals surface area contributed by atoms with Crippen molar-refractivity contribution >= 4 is 17.8 Å². The normalized spacial score (nSPS) is 21.6. The van der Waals surface area contributed by atoms with Gasteiger partial charge in [0.25, 0.3) is 5.91 Å². The lowest BCUT2D eigenvalue weighted by atomic mass is 10.2. The van der Waals surface area contributed by atoms with Crippen LogP contribution in [0.5, 0.6) is 5.75 Å². The Morgan fingerprint density at radius 2 is 2.07 bits per heavy atom. The van der Waals surface area contributed by atoms with E-state index in [1.807, 2.05) is 22.0 Å². The van der Waals surface area contributed by atoms with E-state index in [-0.39, 0.29) is 11.9 Å². The van der Waals surface area contributed by atoms with Crippen molar-refractivity contribution < 1.29 is 14.3 Å². The van der Waals surface area contributed by atoms with Crippen LogP contribution in [0.4, 0.5) is 10.6 Å². The van der Waals surface area contributed by atoms with Crippen molar-refractivity contribution in [2.24, 2.45) is 5.73 Å². The van der Waals surface area contributed by atoms with Gasteiger partial charge in [-0.25, -0.2) is 4.79 Å². The molecule has 0 saturated carbocycles. The zero-order valence-corrected chi connectivity index (χ0v) is 15.3. The van der Waals surface area contributed by atoms with Crippen molar-refractivity contribution in [1.82, 2.24) is 20.1 Å². The highest BCUT2D eigenvalue weighted by atomic mass is 16.5. The molecule has 144 valence electrons. The van der Waals surface area contributed by atoms with Crippen LogP contribution < -0.4 is 20.7 Å². The van der Waals surface area contributed by atoms with E-state index < -0.39 is 6.17 Å². The highest BCUT2D eigenvalue weighted by Gasteiger charge is 2.29. The molecule has 27 heavy (non-hydrogen) atoms. The number of likely N-dealkylation sites (tertiary alicyclic amines) is 1. The van der Waals surface area contributed by atoms with Gasteiger partial charge >= 0.3 is 6.03 Å². The molecule has 1 aromatic rings. The second-order valence-electron chi connectivity index (χ2n) is 6.76. The molecule has 4 rings (SSSR count). The number of carbonyl (C=O) groups is 2. The van der Waals surface area contributed by atoms with Crippen LogP contribution in [0.15, 0.2) is 30.1 Å². The minimum Gasteiger partial charge on any atom is -0.488 e. The van der Waals surface area contributed by atoms with Gasteiger partial charge in [-0.15, -0.1) is 0 Å². The molecule has 0 bridgehead atoms. The van der Waals surface area contributed by atoms with Gasteiger partial charge < -0.3 is 30.6 Å². The van der Waals surface area contributed by atoms with Gasteiger partial charge in [0.05, 0.1) is 6.54 Å². The van der Waals surface area contributed by atoms with Gasteiger partial charge in [0.1, 0.15) is 18.5 Å². The second-order valence-corrected chi connectivity index (χ2v) is 6.76. The predicted molar refractivity (Wildman–Crippen MR) is 100 cm³/mol.